The second-order valence-corrected chi connectivity index (χ2v) is 6.32. The van der Waals surface area contributed by atoms with E-state index in [-0.39, 0.29) is 11.8 Å². The van der Waals surface area contributed by atoms with Crippen LogP contribution in [0, 0.1) is 13.8 Å². The molecular weight excluding hydrogens is 298 g/mol. The van der Waals surface area contributed by atoms with Gasteiger partial charge < -0.3 is 10.1 Å². The van der Waals surface area contributed by atoms with Crippen LogP contribution in [-0.2, 0) is 4.79 Å². The molecule has 0 spiro atoms. The number of carbonyl (C=O) groups excluding carboxylic acids is 1. The highest BCUT2D eigenvalue weighted by Crippen LogP contribution is 2.19. The van der Waals surface area contributed by atoms with Gasteiger partial charge in [0.05, 0.1) is 0 Å². The van der Waals surface area contributed by atoms with Gasteiger partial charge in [0.1, 0.15) is 5.75 Å². The molecule has 2 aromatic rings. The summed E-state index contributed by atoms with van der Waals surface area (Å²) in [6.45, 7) is 8.79. The Bertz CT molecular complexity index is 667. The van der Waals surface area contributed by atoms with Crippen LogP contribution in [0.1, 0.15) is 42.9 Å². The normalized spacial score (nSPS) is 13.2. The summed E-state index contributed by atoms with van der Waals surface area (Å²) in [5.41, 5.74) is 3.61. The molecular formula is C21H27NO2. The van der Waals surface area contributed by atoms with Gasteiger partial charge in [-0.2, -0.15) is 0 Å². The first-order valence-electron chi connectivity index (χ1n) is 8.57. The summed E-state index contributed by atoms with van der Waals surface area (Å²) in [6, 6.07) is 16.1. The van der Waals surface area contributed by atoms with E-state index in [4.69, 9.17) is 4.74 Å². The maximum atomic E-state index is 12.4. The number of benzene rings is 2. The van der Waals surface area contributed by atoms with Crippen LogP contribution in [0.25, 0.3) is 0 Å². The Balaban J connectivity index is 1.92. The quantitative estimate of drug-likeness (QED) is 0.820. The Morgan fingerprint density at radius 1 is 1.08 bits per heavy atom. The monoisotopic (exact) mass is 325 g/mol. The fourth-order valence-electron chi connectivity index (χ4n) is 2.54. The molecule has 0 aliphatic heterocycles. The Kier molecular flexibility index (Phi) is 6.42. The zero-order valence-electron chi connectivity index (χ0n) is 15.0. The average molecular weight is 325 g/mol. The van der Waals surface area contributed by atoms with E-state index in [1.165, 1.54) is 16.7 Å². The fraction of sp³-hybridized carbons (Fsp3) is 0.381. The van der Waals surface area contributed by atoms with Crippen molar-refractivity contribution in [3.05, 3.63) is 65.2 Å². The molecule has 24 heavy (non-hydrogen) atoms. The van der Waals surface area contributed by atoms with E-state index in [1.807, 2.05) is 50.2 Å². The van der Waals surface area contributed by atoms with Gasteiger partial charge in [0.15, 0.2) is 6.10 Å². The zero-order valence-corrected chi connectivity index (χ0v) is 15.0. The molecule has 0 bridgehead atoms. The molecule has 2 rings (SSSR count). The summed E-state index contributed by atoms with van der Waals surface area (Å²) in [5.74, 6) is 0.962. The van der Waals surface area contributed by atoms with E-state index in [2.05, 4.69) is 31.3 Å². The van der Waals surface area contributed by atoms with Crippen molar-refractivity contribution in [2.45, 2.75) is 46.1 Å². The lowest BCUT2D eigenvalue weighted by Gasteiger charge is -2.19. The van der Waals surface area contributed by atoms with Crippen molar-refractivity contribution in [3.63, 3.8) is 0 Å². The summed E-state index contributed by atoms with van der Waals surface area (Å²) in [6.07, 6.45) is 0.174. The Labute approximate surface area is 145 Å². The standard InChI is InChI=1S/C21H27NO2/c1-5-20(24-19-12-11-15(2)16(3)13-19)21(23)22-14-17(4)18-9-7-6-8-10-18/h6-13,17,20H,5,14H2,1-4H3,(H,22,23). The summed E-state index contributed by atoms with van der Waals surface area (Å²) in [7, 11) is 0. The predicted molar refractivity (Wildman–Crippen MR) is 98.5 cm³/mol. The SMILES string of the molecule is CCC(Oc1ccc(C)c(C)c1)C(=O)NCC(C)c1ccccc1. The van der Waals surface area contributed by atoms with Crippen LogP contribution >= 0.6 is 0 Å². The Hall–Kier alpha value is -2.29. The minimum Gasteiger partial charge on any atom is -0.481 e. The molecule has 0 saturated heterocycles. The highest BCUT2D eigenvalue weighted by Gasteiger charge is 2.19. The van der Waals surface area contributed by atoms with Crippen LogP contribution in [0.2, 0.25) is 0 Å². The molecule has 0 aliphatic carbocycles. The van der Waals surface area contributed by atoms with Gasteiger partial charge >= 0.3 is 0 Å². The maximum absolute atomic E-state index is 12.4. The number of amides is 1. The molecule has 0 aromatic heterocycles. The number of carbonyl (C=O) groups is 1. The number of rotatable bonds is 7. The lowest BCUT2D eigenvalue weighted by Crippen LogP contribution is -2.39. The third-order valence-corrected chi connectivity index (χ3v) is 4.37. The van der Waals surface area contributed by atoms with E-state index in [0.717, 1.165) is 5.75 Å². The van der Waals surface area contributed by atoms with E-state index in [0.29, 0.717) is 13.0 Å². The molecule has 0 radical (unpaired) electrons. The topological polar surface area (TPSA) is 38.3 Å². The van der Waals surface area contributed by atoms with Crippen LogP contribution in [0.4, 0.5) is 0 Å². The number of hydrogen-bond acceptors (Lipinski definition) is 2. The van der Waals surface area contributed by atoms with Crippen LogP contribution in [0.3, 0.4) is 0 Å². The van der Waals surface area contributed by atoms with Crippen molar-refractivity contribution in [2.75, 3.05) is 6.54 Å². The van der Waals surface area contributed by atoms with Gasteiger partial charge in [0, 0.05) is 6.54 Å². The third-order valence-electron chi connectivity index (χ3n) is 4.37. The molecule has 2 atom stereocenters. The third kappa shape index (κ3) is 4.85. The molecule has 128 valence electrons. The van der Waals surface area contributed by atoms with Gasteiger partial charge in [-0.1, -0.05) is 50.2 Å². The number of nitrogens with one attached hydrogen (secondary N) is 1. The first-order valence-corrected chi connectivity index (χ1v) is 8.57. The highest BCUT2D eigenvalue weighted by atomic mass is 16.5. The van der Waals surface area contributed by atoms with Gasteiger partial charge in [0.25, 0.3) is 5.91 Å². The molecule has 2 aromatic carbocycles. The zero-order chi connectivity index (χ0) is 17.5. The maximum Gasteiger partial charge on any atom is 0.261 e. The van der Waals surface area contributed by atoms with Crippen LogP contribution < -0.4 is 10.1 Å². The van der Waals surface area contributed by atoms with Crippen molar-refractivity contribution in [1.82, 2.24) is 5.32 Å². The fourth-order valence-corrected chi connectivity index (χ4v) is 2.54. The Morgan fingerprint density at radius 3 is 2.42 bits per heavy atom. The van der Waals surface area contributed by atoms with Gasteiger partial charge in [-0.05, 0) is 55.0 Å². The molecule has 2 unspecified atom stereocenters. The van der Waals surface area contributed by atoms with Crippen LogP contribution in [-0.4, -0.2) is 18.6 Å². The second-order valence-electron chi connectivity index (χ2n) is 6.32. The molecule has 0 fully saturated rings. The number of ether oxygens (including phenoxy) is 1. The minimum atomic E-state index is -0.463. The van der Waals surface area contributed by atoms with E-state index >= 15 is 0 Å². The first-order chi connectivity index (χ1) is 11.5. The summed E-state index contributed by atoms with van der Waals surface area (Å²) in [4.78, 5) is 12.4. The largest absolute Gasteiger partial charge is 0.481 e. The lowest BCUT2D eigenvalue weighted by molar-refractivity contribution is -0.128. The van der Waals surface area contributed by atoms with Crippen molar-refractivity contribution >= 4 is 5.91 Å². The number of aryl methyl sites for hydroxylation is 2. The molecule has 3 heteroatoms. The second kappa shape index (κ2) is 8.53. The summed E-state index contributed by atoms with van der Waals surface area (Å²) in [5, 5.41) is 3.01. The Morgan fingerprint density at radius 2 is 1.79 bits per heavy atom. The molecule has 0 saturated carbocycles. The van der Waals surface area contributed by atoms with Gasteiger partial charge in [-0.25, -0.2) is 0 Å². The average Bonchev–Trinajstić information content (AvgIpc) is 2.61. The molecule has 0 aliphatic rings. The summed E-state index contributed by atoms with van der Waals surface area (Å²) >= 11 is 0. The smallest absolute Gasteiger partial charge is 0.261 e. The number of hydrogen-bond donors (Lipinski definition) is 1. The van der Waals surface area contributed by atoms with E-state index < -0.39 is 6.10 Å². The van der Waals surface area contributed by atoms with E-state index in [1.54, 1.807) is 0 Å². The van der Waals surface area contributed by atoms with Crippen molar-refractivity contribution < 1.29 is 9.53 Å². The predicted octanol–water partition coefficient (Wildman–Crippen LogP) is 4.38. The van der Waals surface area contributed by atoms with Crippen molar-refractivity contribution in [2.24, 2.45) is 0 Å². The van der Waals surface area contributed by atoms with Gasteiger partial charge in [-0.3, -0.25) is 4.79 Å². The molecule has 3 nitrogen and oxygen atoms in total. The van der Waals surface area contributed by atoms with Crippen LogP contribution in [0.5, 0.6) is 5.75 Å². The highest BCUT2D eigenvalue weighted by molar-refractivity contribution is 5.81. The molecule has 0 heterocycles. The molecule has 1 amide bonds. The van der Waals surface area contributed by atoms with Crippen LogP contribution in [0.15, 0.2) is 48.5 Å². The first kappa shape index (κ1) is 18.1. The van der Waals surface area contributed by atoms with E-state index in [9.17, 15) is 4.79 Å². The lowest BCUT2D eigenvalue weighted by atomic mass is 10.0. The minimum absolute atomic E-state index is 0.0569. The van der Waals surface area contributed by atoms with Crippen molar-refractivity contribution in [3.8, 4) is 5.75 Å². The van der Waals surface area contributed by atoms with Crippen molar-refractivity contribution in [1.29, 1.82) is 0 Å². The van der Waals surface area contributed by atoms with Gasteiger partial charge in [0.2, 0.25) is 0 Å². The molecule has 1 N–H and O–H groups in total. The summed E-state index contributed by atoms with van der Waals surface area (Å²) < 4.78 is 5.89. The van der Waals surface area contributed by atoms with Gasteiger partial charge in [-0.15, -0.1) is 0 Å².